The first kappa shape index (κ1) is 18.2. The first-order valence-electron chi connectivity index (χ1n) is 4.86. The molecule has 1 aliphatic heterocycles. The number of halogens is 12. The van der Waals surface area contributed by atoms with E-state index in [1.54, 1.807) is 0 Å². The van der Waals surface area contributed by atoms with Crippen LogP contribution in [0, 0.1) is 5.41 Å². The lowest BCUT2D eigenvalue weighted by molar-refractivity contribution is -0.462. The molecule has 0 N–H and O–H groups in total. The van der Waals surface area contributed by atoms with Gasteiger partial charge in [0.25, 0.3) is 0 Å². The molecule has 0 aromatic heterocycles. The van der Waals surface area contributed by atoms with Gasteiger partial charge in [-0.25, -0.2) is 4.39 Å². The van der Waals surface area contributed by atoms with Crippen LogP contribution in [0.5, 0.6) is 0 Å². The molecule has 126 valence electrons. The van der Waals surface area contributed by atoms with Crippen LogP contribution in [0.4, 0.5) is 52.7 Å². The van der Waals surface area contributed by atoms with Gasteiger partial charge in [0, 0.05) is 0 Å². The standard InChI is InChI=1S/C8H4F12O/c9-4(10,8(18,19)20)5(11)3(1-2-21-5,6(12,13)14)7(15,16)17/h1-2H2. The minimum Gasteiger partial charge on any atom is -0.340 e. The lowest BCUT2D eigenvalue weighted by Gasteiger charge is -2.44. The van der Waals surface area contributed by atoms with E-state index in [1.165, 1.54) is 0 Å². The quantitative estimate of drug-likeness (QED) is 0.642. The third-order valence-corrected chi connectivity index (χ3v) is 3.05. The molecule has 1 fully saturated rings. The molecule has 1 unspecified atom stereocenters. The summed E-state index contributed by atoms with van der Waals surface area (Å²) in [4.78, 5) is 0. The van der Waals surface area contributed by atoms with Crippen molar-refractivity contribution in [2.45, 2.75) is 36.7 Å². The number of ether oxygens (including phenoxy) is 1. The molecule has 0 spiro atoms. The van der Waals surface area contributed by atoms with Crippen molar-refractivity contribution in [2.24, 2.45) is 5.41 Å². The van der Waals surface area contributed by atoms with Crippen LogP contribution in [0.3, 0.4) is 0 Å². The molecule has 0 saturated carbocycles. The molecular weight excluding hydrogens is 340 g/mol. The maximum absolute atomic E-state index is 13.8. The molecule has 0 radical (unpaired) electrons. The minimum atomic E-state index is -7.03. The number of rotatable bonds is 1. The molecule has 1 rings (SSSR count). The Morgan fingerprint density at radius 2 is 1.10 bits per heavy atom. The highest BCUT2D eigenvalue weighted by atomic mass is 19.4. The van der Waals surface area contributed by atoms with Crippen molar-refractivity contribution in [1.82, 2.24) is 0 Å². The smallest absolute Gasteiger partial charge is 0.340 e. The van der Waals surface area contributed by atoms with Crippen molar-refractivity contribution in [1.29, 1.82) is 0 Å². The second-order valence-corrected chi connectivity index (χ2v) is 4.17. The van der Waals surface area contributed by atoms with Gasteiger partial charge in [0.05, 0.1) is 6.61 Å². The van der Waals surface area contributed by atoms with Gasteiger partial charge in [-0.3, -0.25) is 0 Å². The van der Waals surface area contributed by atoms with Crippen LogP contribution in [0.15, 0.2) is 0 Å². The highest BCUT2D eigenvalue weighted by Gasteiger charge is 2.93. The van der Waals surface area contributed by atoms with E-state index in [9.17, 15) is 52.7 Å². The van der Waals surface area contributed by atoms with Gasteiger partial charge in [0.15, 0.2) is 0 Å². The Bertz CT molecular complexity index is 389. The predicted molar refractivity (Wildman–Crippen MR) is 40.0 cm³/mol. The minimum absolute atomic E-state index is 1.92. The van der Waals surface area contributed by atoms with E-state index in [0.717, 1.165) is 0 Å². The van der Waals surface area contributed by atoms with E-state index in [-0.39, 0.29) is 0 Å². The highest BCUT2D eigenvalue weighted by molar-refractivity contribution is 5.14. The molecule has 0 aromatic rings. The predicted octanol–water partition coefficient (Wildman–Crippen LogP) is 4.38. The Labute approximate surface area is 107 Å². The number of alkyl halides is 12. The fraction of sp³-hybridized carbons (Fsp3) is 1.00. The van der Waals surface area contributed by atoms with Gasteiger partial charge < -0.3 is 4.74 Å². The van der Waals surface area contributed by atoms with Gasteiger partial charge in [-0.2, -0.15) is 48.3 Å². The van der Waals surface area contributed by atoms with E-state index < -0.39 is 48.7 Å². The third-order valence-electron chi connectivity index (χ3n) is 3.05. The summed E-state index contributed by atoms with van der Waals surface area (Å²) in [6.45, 7) is -1.92. The first-order valence-corrected chi connectivity index (χ1v) is 4.86. The average molecular weight is 344 g/mol. The second-order valence-electron chi connectivity index (χ2n) is 4.17. The summed E-state index contributed by atoms with van der Waals surface area (Å²) in [6.07, 6.45) is -23.0. The fourth-order valence-corrected chi connectivity index (χ4v) is 1.98. The summed E-state index contributed by atoms with van der Waals surface area (Å²) in [5, 5.41) is 0. The van der Waals surface area contributed by atoms with Gasteiger partial charge in [-0.15, -0.1) is 0 Å². The van der Waals surface area contributed by atoms with Crippen molar-refractivity contribution in [2.75, 3.05) is 6.61 Å². The first-order chi connectivity index (χ1) is 8.96. The Morgan fingerprint density at radius 1 is 0.714 bits per heavy atom. The average Bonchev–Trinajstić information content (AvgIpc) is 2.54. The second kappa shape index (κ2) is 4.32. The molecule has 1 nitrogen and oxygen atoms in total. The van der Waals surface area contributed by atoms with Gasteiger partial charge >= 0.3 is 30.3 Å². The summed E-state index contributed by atoms with van der Waals surface area (Å²) in [5.74, 6) is -13.4. The van der Waals surface area contributed by atoms with Crippen LogP contribution < -0.4 is 0 Å². The molecule has 13 heteroatoms. The number of hydrogen-bond donors (Lipinski definition) is 0. The van der Waals surface area contributed by atoms with Crippen LogP contribution in [0.2, 0.25) is 0 Å². The van der Waals surface area contributed by atoms with Crippen molar-refractivity contribution < 1.29 is 57.4 Å². The molecular formula is C8H4F12O. The Kier molecular flexibility index (Phi) is 3.74. The van der Waals surface area contributed by atoms with Gasteiger partial charge in [-0.1, -0.05) is 0 Å². The summed E-state index contributed by atoms with van der Waals surface area (Å²) in [5.41, 5.74) is -5.99. The summed E-state index contributed by atoms with van der Waals surface area (Å²) in [7, 11) is 0. The summed E-state index contributed by atoms with van der Waals surface area (Å²) >= 11 is 0. The zero-order valence-corrected chi connectivity index (χ0v) is 9.36. The van der Waals surface area contributed by atoms with Crippen molar-refractivity contribution in [3.05, 3.63) is 0 Å². The molecule has 0 bridgehead atoms. The maximum Gasteiger partial charge on any atom is 0.459 e. The van der Waals surface area contributed by atoms with E-state index in [4.69, 9.17) is 0 Å². The largest absolute Gasteiger partial charge is 0.459 e. The molecule has 0 aromatic carbocycles. The zero-order chi connectivity index (χ0) is 17.1. The van der Waals surface area contributed by atoms with Crippen molar-refractivity contribution in [3.63, 3.8) is 0 Å². The van der Waals surface area contributed by atoms with E-state index in [0.29, 0.717) is 0 Å². The topological polar surface area (TPSA) is 9.23 Å². The highest BCUT2D eigenvalue weighted by Crippen LogP contribution is 2.68. The zero-order valence-electron chi connectivity index (χ0n) is 9.36. The van der Waals surface area contributed by atoms with Crippen molar-refractivity contribution >= 4 is 0 Å². The Morgan fingerprint density at radius 3 is 1.38 bits per heavy atom. The van der Waals surface area contributed by atoms with Gasteiger partial charge in [-0.05, 0) is 6.42 Å². The summed E-state index contributed by atoms with van der Waals surface area (Å²) < 4.78 is 154. The van der Waals surface area contributed by atoms with E-state index >= 15 is 0 Å². The van der Waals surface area contributed by atoms with Crippen LogP contribution >= 0.6 is 0 Å². The van der Waals surface area contributed by atoms with Crippen molar-refractivity contribution in [3.8, 4) is 0 Å². The third kappa shape index (κ3) is 2.06. The Hall–Kier alpha value is -0.880. The van der Waals surface area contributed by atoms with Gasteiger partial charge in [0.1, 0.15) is 0 Å². The summed E-state index contributed by atoms with van der Waals surface area (Å²) in [6, 6.07) is 0. The maximum atomic E-state index is 13.8. The van der Waals surface area contributed by atoms with Crippen LogP contribution in [0.25, 0.3) is 0 Å². The van der Waals surface area contributed by atoms with E-state index in [1.807, 2.05) is 0 Å². The van der Waals surface area contributed by atoms with Gasteiger partial charge in [0.2, 0.25) is 5.41 Å². The van der Waals surface area contributed by atoms with Crippen LogP contribution in [0.1, 0.15) is 6.42 Å². The Balaban J connectivity index is 3.68. The lowest BCUT2D eigenvalue weighted by atomic mass is 9.74. The molecule has 1 aliphatic rings. The van der Waals surface area contributed by atoms with E-state index in [2.05, 4.69) is 4.74 Å². The normalized spacial score (nSPS) is 28.0. The number of hydrogen-bond acceptors (Lipinski definition) is 1. The molecule has 1 saturated heterocycles. The molecule has 1 atom stereocenters. The molecule has 0 amide bonds. The van der Waals surface area contributed by atoms with Crippen LogP contribution in [-0.4, -0.2) is 36.9 Å². The molecule has 1 heterocycles. The molecule has 21 heavy (non-hydrogen) atoms. The SMILES string of the molecule is FC(F)(F)C(F)(F)C1(F)OCCC1(C(F)(F)F)C(F)(F)F. The lowest BCUT2D eigenvalue weighted by Crippen LogP contribution is -2.70. The fourth-order valence-electron chi connectivity index (χ4n) is 1.98. The molecule has 0 aliphatic carbocycles. The van der Waals surface area contributed by atoms with Crippen LogP contribution in [-0.2, 0) is 4.74 Å². The monoisotopic (exact) mass is 344 g/mol.